The highest BCUT2D eigenvalue weighted by molar-refractivity contribution is 7.96. The molecule has 1 amide bonds. The van der Waals surface area contributed by atoms with Gasteiger partial charge in [-0.25, -0.2) is 4.79 Å². The summed E-state index contributed by atoms with van der Waals surface area (Å²) in [7, 11) is 0. The standard InChI is InChI=1S/C12H15NO4S/c1-9(2)8-13(11(14)18)17-12(15)16-10-6-4-3-5-7-10/h3-7,9H,8H2,1-2H3,(H,14,18). The van der Waals surface area contributed by atoms with Crippen molar-refractivity contribution in [1.29, 1.82) is 0 Å². The van der Waals surface area contributed by atoms with Gasteiger partial charge in [-0.1, -0.05) is 44.7 Å². The van der Waals surface area contributed by atoms with Gasteiger partial charge in [0.05, 0.1) is 6.54 Å². The molecular formula is C12H15NO4S. The minimum atomic E-state index is -0.968. The van der Waals surface area contributed by atoms with Crippen molar-refractivity contribution in [1.82, 2.24) is 5.06 Å². The Morgan fingerprint density at radius 1 is 1.28 bits per heavy atom. The van der Waals surface area contributed by atoms with Gasteiger partial charge in [-0.2, -0.15) is 5.06 Å². The van der Waals surface area contributed by atoms with Gasteiger partial charge in [-0.15, -0.1) is 0 Å². The van der Waals surface area contributed by atoms with Gasteiger partial charge in [-0.3, -0.25) is 4.79 Å². The highest BCUT2D eigenvalue weighted by Crippen LogP contribution is 2.11. The molecule has 0 aliphatic rings. The lowest BCUT2D eigenvalue weighted by Gasteiger charge is -2.19. The normalized spacial score (nSPS) is 10.0. The van der Waals surface area contributed by atoms with Gasteiger partial charge < -0.3 is 9.57 Å². The first kappa shape index (κ1) is 14.4. The highest BCUT2D eigenvalue weighted by atomic mass is 32.1. The SMILES string of the molecule is CC(C)CN(OC(=O)Oc1ccccc1)C(=O)S. The molecule has 0 bridgehead atoms. The second kappa shape index (κ2) is 6.90. The van der Waals surface area contributed by atoms with E-state index in [1.54, 1.807) is 30.3 Å². The molecule has 0 saturated heterocycles. The molecule has 0 saturated carbocycles. The summed E-state index contributed by atoms with van der Waals surface area (Å²) in [5, 5.41) is 0.215. The van der Waals surface area contributed by atoms with Crippen molar-refractivity contribution in [3.05, 3.63) is 30.3 Å². The molecule has 0 fully saturated rings. The van der Waals surface area contributed by atoms with Crippen molar-refractivity contribution in [3.8, 4) is 5.75 Å². The molecule has 0 unspecified atom stereocenters. The van der Waals surface area contributed by atoms with Gasteiger partial charge in [0.2, 0.25) is 0 Å². The minimum Gasteiger partial charge on any atom is -0.393 e. The van der Waals surface area contributed by atoms with Crippen LogP contribution in [0.1, 0.15) is 13.8 Å². The summed E-state index contributed by atoms with van der Waals surface area (Å²) in [4.78, 5) is 27.3. The molecule has 18 heavy (non-hydrogen) atoms. The number of hydroxylamine groups is 2. The number of thiol groups is 1. The number of hydrogen-bond acceptors (Lipinski definition) is 4. The summed E-state index contributed by atoms with van der Waals surface area (Å²) >= 11 is 3.62. The number of carbonyl (C=O) groups excluding carboxylic acids is 2. The smallest absolute Gasteiger partial charge is 0.393 e. The van der Waals surface area contributed by atoms with Crippen LogP contribution in [0.4, 0.5) is 9.59 Å². The Kier molecular flexibility index (Phi) is 5.51. The van der Waals surface area contributed by atoms with E-state index in [0.717, 1.165) is 5.06 Å². The molecule has 98 valence electrons. The topological polar surface area (TPSA) is 55.8 Å². The molecule has 5 nitrogen and oxygen atoms in total. The first-order valence-electron chi connectivity index (χ1n) is 5.44. The third-order valence-corrected chi connectivity index (χ3v) is 2.10. The average Bonchev–Trinajstić information content (AvgIpc) is 2.28. The van der Waals surface area contributed by atoms with Crippen LogP contribution in [0.25, 0.3) is 0 Å². The molecule has 0 aliphatic carbocycles. The van der Waals surface area contributed by atoms with Crippen LogP contribution in [0.3, 0.4) is 0 Å². The van der Waals surface area contributed by atoms with E-state index in [2.05, 4.69) is 12.6 Å². The summed E-state index contributed by atoms with van der Waals surface area (Å²) in [5.41, 5.74) is 0. The van der Waals surface area contributed by atoms with Crippen LogP contribution in [-0.4, -0.2) is 23.0 Å². The Balaban J connectivity index is 2.54. The van der Waals surface area contributed by atoms with E-state index >= 15 is 0 Å². The molecule has 0 atom stereocenters. The Morgan fingerprint density at radius 3 is 2.39 bits per heavy atom. The average molecular weight is 269 g/mol. The Bertz CT molecular complexity index is 408. The van der Waals surface area contributed by atoms with E-state index in [1.165, 1.54) is 0 Å². The Hall–Kier alpha value is -1.69. The predicted molar refractivity (Wildman–Crippen MR) is 69.5 cm³/mol. The van der Waals surface area contributed by atoms with Gasteiger partial charge in [0.25, 0.3) is 0 Å². The number of benzene rings is 1. The summed E-state index contributed by atoms with van der Waals surface area (Å²) in [6.07, 6.45) is -0.968. The van der Waals surface area contributed by atoms with Crippen molar-refractivity contribution in [3.63, 3.8) is 0 Å². The van der Waals surface area contributed by atoms with Crippen LogP contribution in [0.2, 0.25) is 0 Å². The summed E-state index contributed by atoms with van der Waals surface area (Å²) < 4.78 is 4.89. The fourth-order valence-corrected chi connectivity index (χ4v) is 1.30. The van der Waals surface area contributed by atoms with E-state index in [4.69, 9.17) is 9.57 Å². The van der Waals surface area contributed by atoms with E-state index in [-0.39, 0.29) is 12.5 Å². The quantitative estimate of drug-likeness (QED) is 0.396. The second-order valence-electron chi connectivity index (χ2n) is 3.99. The fourth-order valence-electron chi connectivity index (χ4n) is 1.18. The van der Waals surface area contributed by atoms with Gasteiger partial charge in [0.15, 0.2) is 0 Å². The molecule has 0 heterocycles. The van der Waals surface area contributed by atoms with Gasteiger partial charge in [0, 0.05) is 0 Å². The molecule has 0 aliphatic heterocycles. The number of amides is 1. The highest BCUT2D eigenvalue weighted by Gasteiger charge is 2.18. The summed E-state index contributed by atoms with van der Waals surface area (Å²) in [6, 6.07) is 8.45. The van der Waals surface area contributed by atoms with Crippen molar-refractivity contribution in [2.45, 2.75) is 13.8 Å². The molecule has 6 heteroatoms. The largest absolute Gasteiger partial charge is 0.539 e. The monoisotopic (exact) mass is 269 g/mol. The number of carbonyl (C=O) groups is 2. The fraction of sp³-hybridized carbons (Fsp3) is 0.333. The van der Waals surface area contributed by atoms with Crippen molar-refractivity contribution < 1.29 is 19.2 Å². The van der Waals surface area contributed by atoms with Crippen LogP contribution in [0.5, 0.6) is 5.75 Å². The number of ether oxygens (including phenoxy) is 1. The number of rotatable bonds is 3. The predicted octanol–water partition coefficient (Wildman–Crippen LogP) is 3.12. The molecule has 0 N–H and O–H groups in total. The molecule has 0 radical (unpaired) electrons. The zero-order valence-electron chi connectivity index (χ0n) is 10.2. The number of hydrogen-bond donors (Lipinski definition) is 1. The van der Waals surface area contributed by atoms with Crippen molar-refractivity contribution in [2.75, 3.05) is 6.54 Å². The maximum absolute atomic E-state index is 11.4. The lowest BCUT2D eigenvalue weighted by molar-refractivity contribution is -0.0746. The van der Waals surface area contributed by atoms with Gasteiger partial charge in [0.1, 0.15) is 5.75 Å². The zero-order valence-corrected chi connectivity index (χ0v) is 11.1. The van der Waals surface area contributed by atoms with Crippen LogP contribution in [-0.2, 0) is 4.84 Å². The van der Waals surface area contributed by atoms with Crippen LogP contribution >= 0.6 is 12.6 Å². The summed E-state index contributed by atoms with van der Waals surface area (Å²) in [6.45, 7) is 4.03. The van der Waals surface area contributed by atoms with Crippen LogP contribution < -0.4 is 4.74 Å². The minimum absolute atomic E-state index is 0.144. The second-order valence-corrected chi connectivity index (χ2v) is 4.38. The van der Waals surface area contributed by atoms with E-state index in [1.807, 2.05) is 13.8 Å². The van der Waals surface area contributed by atoms with Crippen molar-refractivity contribution in [2.24, 2.45) is 5.92 Å². The van der Waals surface area contributed by atoms with Crippen LogP contribution in [0.15, 0.2) is 30.3 Å². The maximum Gasteiger partial charge on any atom is 0.539 e. The first-order chi connectivity index (χ1) is 8.49. The molecular weight excluding hydrogens is 254 g/mol. The molecule has 1 rings (SSSR count). The van der Waals surface area contributed by atoms with E-state index in [9.17, 15) is 9.59 Å². The third-order valence-electron chi connectivity index (χ3n) is 1.87. The molecule has 1 aromatic carbocycles. The van der Waals surface area contributed by atoms with Gasteiger partial charge in [-0.05, 0) is 18.1 Å². The van der Waals surface area contributed by atoms with E-state index in [0.29, 0.717) is 5.75 Å². The Labute approximate surface area is 111 Å². The van der Waals surface area contributed by atoms with Crippen LogP contribution in [0, 0.1) is 5.92 Å². The lowest BCUT2D eigenvalue weighted by Crippen LogP contribution is -2.34. The molecule has 1 aromatic rings. The zero-order chi connectivity index (χ0) is 13.5. The number of nitrogens with zero attached hydrogens (tertiary/aromatic N) is 1. The van der Waals surface area contributed by atoms with Crippen molar-refractivity contribution >= 4 is 24.0 Å². The molecule has 0 spiro atoms. The number of para-hydroxylation sites is 1. The van der Waals surface area contributed by atoms with E-state index < -0.39 is 11.4 Å². The van der Waals surface area contributed by atoms with Gasteiger partial charge >= 0.3 is 11.4 Å². The first-order valence-corrected chi connectivity index (χ1v) is 5.89. The molecule has 0 aromatic heterocycles. The maximum atomic E-state index is 11.4. The summed E-state index contributed by atoms with van der Waals surface area (Å²) in [5.74, 6) is 0.490. The lowest BCUT2D eigenvalue weighted by atomic mass is 10.2. The Morgan fingerprint density at radius 2 is 1.89 bits per heavy atom. The third kappa shape index (κ3) is 5.09.